The van der Waals surface area contributed by atoms with Crippen LogP contribution in [-0.2, 0) is 0 Å². The largest absolute Gasteiger partial charge is 0.569 e. The van der Waals surface area contributed by atoms with Crippen molar-refractivity contribution < 1.29 is 9.68 Å². The molecule has 0 aliphatic heterocycles. The van der Waals surface area contributed by atoms with Crippen molar-refractivity contribution in [3.05, 3.63) is 115 Å². The Morgan fingerprint density at radius 3 is 1.54 bits per heavy atom. The fraction of sp³-hybridized carbons (Fsp3) is 0. The zero-order chi connectivity index (χ0) is 23.4. The SMILES string of the molecule is O[B]Oc1ccc2c3c(cccc13)-c1c-2c(-c2ccccc2)c2ccccc2c1-c1ccccc1. The third-order valence-corrected chi connectivity index (χ3v) is 7.06. The minimum atomic E-state index is 0.646. The molecule has 2 nitrogen and oxygen atoms in total. The van der Waals surface area contributed by atoms with Crippen LogP contribution >= 0.6 is 0 Å². The topological polar surface area (TPSA) is 29.5 Å². The van der Waals surface area contributed by atoms with Gasteiger partial charge < -0.3 is 9.68 Å². The van der Waals surface area contributed by atoms with Crippen LogP contribution in [0.2, 0.25) is 0 Å². The second-order valence-electron chi connectivity index (χ2n) is 8.84. The van der Waals surface area contributed by atoms with Gasteiger partial charge in [-0.05, 0) is 61.3 Å². The standard InChI is InChI=1S/C32H20BO2/c34-33-35-27-19-18-26-30-24(27)16-9-17-25(30)31-28(20-10-3-1-4-11-20)22-14-7-8-15-23(22)29(32(26)31)21-12-5-2-6-13-21/h1-19,34H. The summed E-state index contributed by atoms with van der Waals surface area (Å²) in [5.74, 6) is 0.646. The minimum Gasteiger partial charge on any atom is -0.537 e. The summed E-state index contributed by atoms with van der Waals surface area (Å²) >= 11 is 0. The summed E-state index contributed by atoms with van der Waals surface area (Å²) in [7, 11) is 0.755. The molecule has 0 spiro atoms. The molecule has 35 heavy (non-hydrogen) atoms. The van der Waals surface area contributed by atoms with Crippen LogP contribution in [0.1, 0.15) is 0 Å². The van der Waals surface area contributed by atoms with Gasteiger partial charge in [-0.3, -0.25) is 0 Å². The number of fused-ring (bicyclic) bond motifs is 4. The Kier molecular flexibility index (Phi) is 4.51. The fourth-order valence-corrected chi connectivity index (χ4v) is 5.74. The van der Waals surface area contributed by atoms with Gasteiger partial charge in [-0.25, -0.2) is 0 Å². The molecule has 0 saturated heterocycles. The van der Waals surface area contributed by atoms with Crippen molar-refractivity contribution >= 4 is 29.2 Å². The number of benzene rings is 6. The van der Waals surface area contributed by atoms with Gasteiger partial charge in [-0.1, -0.05) is 109 Å². The summed E-state index contributed by atoms with van der Waals surface area (Å²) in [6.45, 7) is 0. The maximum absolute atomic E-state index is 9.37. The zero-order valence-corrected chi connectivity index (χ0v) is 18.9. The predicted molar refractivity (Wildman–Crippen MR) is 145 cm³/mol. The van der Waals surface area contributed by atoms with E-state index in [4.69, 9.17) is 4.65 Å². The van der Waals surface area contributed by atoms with E-state index in [-0.39, 0.29) is 0 Å². The molecule has 1 N–H and O–H groups in total. The third-order valence-electron chi connectivity index (χ3n) is 7.06. The molecule has 0 bridgehead atoms. The molecule has 6 aromatic rings. The lowest BCUT2D eigenvalue weighted by Crippen LogP contribution is -2.00. The van der Waals surface area contributed by atoms with E-state index in [1.165, 1.54) is 55.3 Å². The average Bonchev–Trinajstić information content (AvgIpc) is 3.25. The average molecular weight is 447 g/mol. The molecule has 1 aliphatic carbocycles. The molecule has 0 aromatic heterocycles. The van der Waals surface area contributed by atoms with Crippen LogP contribution in [0.3, 0.4) is 0 Å². The van der Waals surface area contributed by atoms with E-state index >= 15 is 0 Å². The molecular formula is C32H20BO2. The molecule has 0 heterocycles. The summed E-state index contributed by atoms with van der Waals surface area (Å²) < 4.78 is 5.49. The van der Waals surface area contributed by atoms with Crippen molar-refractivity contribution in [3.8, 4) is 50.3 Å². The maximum Gasteiger partial charge on any atom is 0.569 e. The van der Waals surface area contributed by atoms with E-state index in [9.17, 15) is 5.02 Å². The third kappa shape index (κ3) is 2.89. The summed E-state index contributed by atoms with van der Waals surface area (Å²) in [4.78, 5) is 0. The van der Waals surface area contributed by atoms with Crippen LogP contribution in [-0.4, -0.2) is 12.7 Å². The van der Waals surface area contributed by atoms with Gasteiger partial charge in [-0.2, -0.15) is 0 Å². The van der Waals surface area contributed by atoms with E-state index in [0.29, 0.717) is 5.75 Å². The molecule has 0 fully saturated rings. The molecule has 0 unspecified atom stereocenters. The van der Waals surface area contributed by atoms with Crippen molar-refractivity contribution in [2.45, 2.75) is 0 Å². The molecule has 3 heteroatoms. The molecular weight excluding hydrogens is 427 g/mol. The molecule has 0 atom stereocenters. The summed E-state index contributed by atoms with van der Waals surface area (Å²) in [5.41, 5.74) is 9.77. The highest BCUT2D eigenvalue weighted by atomic mass is 16.5. The highest BCUT2D eigenvalue weighted by Crippen LogP contribution is 2.58. The molecule has 6 aromatic carbocycles. The first kappa shape index (κ1) is 20.1. The Hall–Kier alpha value is -4.34. The van der Waals surface area contributed by atoms with Gasteiger partial charge in [0.25, 0.3) is 0 Å². The van der Waals surface area contributed by atoms with E-state index < -0.39 is 0 Å². The summed E-state index contributed by atoms with van der Waals surface area (Å²) in [6.07, 6.45) is 0. The van der Waals surface area contributed by atoms with Crippen molar-refractivity contribution in [2.24, 2.45) is 0 Å². The van der Waals surface area contributed by atoms with Gasteiger partial charge in [0.2, 0.25) is 0 Å². The number of hydrogen-bond donors (Lipinski definition) is 1. The lowest BCUT2D eigenvalue weighted by Gasteiger charge is -2.20. The first-order chi connectivity index (χ1) is 17.4. The van der Waals surface area contributed by atoms with Gasteiger partial charge >= 0.3 is 7.69 Å². The van der Waals surface area contributed by atoms with Gasteiger partial charge in [0.1, 0.15) is 5.75 Å². The Morgan fingerprint density at radius 2 is 0.971 bits per heavy atom. The first-order valence-corrected chi connectivity index (χ1v) is 11.8. The monoisotopic (exact) mass is 447 g/mol. The van der Waals surface area contributed by atoms with Gasteiger partial charge in [0, 0.05) is 10.8 Å². The van der Waals surface area contributed by atoms with E-state index in [1.807, 2.05) is 6.07 Å². The van der Waals surface area contributed by atoms with E-state index in [1.54, 1.807) is 0 Å². The van der Waals surface area contributed by atoms with Gasteiger partial charge in [0.15, 0.2) is 0 Å². The van der Waals surface area contributed by atoms with E-state index in [0.717, 1.165) is 18.5 Å². The van der Waals surface area contributed by atoms with Crippen LogP contribution in [0.15, 0.2) is 115 Å². The summed E-state index contributed by atoms with van der Waals surface area (Å²) in [6, 6.07) is 40.5. The van der Waals surface area contributed by atoms with Crippen LogP contribution in [0.5, 0.6) is 5.75 Å². The molecule has 7 rings (SSSR count). The van der Waals surface area contributed by atoms with Crippen LogP contribution in [0.4, 0.5) is 0 Å². The van der Waals surface area contributed by atoms with Crippen molar-refractivity contribution in [2.75, 3.05) is 0 Å². The zero-order valence-electron chi connectivity index (χ0n) is 18.9. The quantitative estimate of drug-likeness (QED) is 0.278. The van der Waals surface area contributed by atoms with Gasteiger partial charge in [-0.15, -0.1) is 0 Å². The molecule has 163 valence electrons. The van der Waals surface area contributed by atoms with Crippen LogP contribution in [0, 0.1) is 0 Å². The minimum absolute atomic E-state index is 0.646. The van der Waals surface area contributed by atoms with Crippen LogP contribution in [0.25, 0.3) is 66.1 Å². The van der Waals surface area contributed by atoms with Crippen molar-refractivity contribution in [3.63, 3.8) is 0 Å². The maximum atomic E-state index is 9.37. The summed E-state index contributed by atoms with van der Waals surface area (Å²) in [5, 5.41) is 14.0. The highest BCUT2D eigenvalue weighted by molar-refractivity contribution is 6.28. The van der Waals surface area contributed by atoms with Gasteiger partial charge in [0.05, 0.1) is 0 Å². The van der Waals surface area contributed by atoms with Crippen molar-refractivity contribution in [1.82, 2.24) is 0 Å². The lowest BCUT2D eigenvalue weighted by molar-refractivity contribution is 0.457. The highest BCUT2D eigenvalue weighted by Gasteiger charge is 2.31. The number of rotatable bonds is 4. The molecule has 1 radical (unpaired) electrons. The Labute approximate surface area is 204 Å². The molecule has 0 saturated carbocycles. The first-order valence-electron chi connectivity index (χ1n) is 11.8. The second kappa shape index (κ2) is 7.87. The predicted octanol–water partition coefficient (Wildman–Crippen LogP) is 7.88. The Morgan fingerprint density at radius 1 is 0.457 bits per heavy atom. The second-order valence-corrected chi connectivity index (χ2v) is 8.84. The Bertz CT molecular complexity index is 1650. The van der Waals surface area contributed by atoms with Crippen molar-refractivity contribution in [1.29, 1.82) is 0 Å². The molecule has 1 aliphatic rings. The normalized spacial score (nSPS) is 11.6. The van der Waals surface area contributed by atoms with Crippen LogP contribution < -0.4 is 4.65 Å². The smallest absolute Gasteiger partial charge is 0.537 e. The Balaban J connectivity index is 1.73. The van der Waals surface area contributed by atoms with E-state index in [2.05, 4.69) is 109 Å². The molecule has 0 amide bonds. The fourth-order valence-electron chi connectivity index (χ4n) is 5.74. The lowest BCUT2D eigenvalue weighted by atomic mass is 9.82. The number of hydrogen-bond acceptors (Lipinski definition) is 2.